The highest BCUT2D eigenvalue weighted by atomic mass is 79.9. The Morgan fingerprint density at radius 2 is 0.886 bits per heavy atom. The monoisotopic (exact) mass is 536 g/mol. The normalized spacial score (nSPS) is 11.8. The van der Waals surface area contributed by atoms with Gasteiger partial charge in [-0.05, 0) is 74.3 Å². The van der Waals surface area contributed by atoms with Gasteiger partial charge in [-0.2, -0.15) is 13.2 Å². The SMILES string of the molecule is CC(C)(C)c1ccc(C#Cc2cc(C(F)(F)F)cc(C#Cc3ccc(C(C)(C)C)cc3)c2Br)cc1. The maximum absolute atomic E-state index is 13.6. The second-order valence-corrected chi connectivity index (χ2v) is 11.3. The van der Waals surface area contributed by atoms with Crippen molar-refractivity contribution in [2.75, 3.05) is 0 Å². The van der Waals surface area contributed by atoms with Crippen molar-refractivity contribution in [3.8, 4) is 23.7 Å². The second kappa shape index (κ2) is 9.96. The van der Waals surface area contributed by atoms with Gasteiger partial charge in [-0.15, -0.1) is 0 Å². The van der Waals surface area contributed by atoms with Crippen LogP contribution in [0.2, 0.25) is 0 Å². The van der Waals surface area contributed by atoms with Crippen LogP contribution in [0.1, 0.15) is 80.5 Å². The molecule has 180 valence electrons. The van der Waals surface area contributed by atoms with Crippen molar-refractivity contribution in [2.24, 2.45) is 0 Å². The van der Waals surface area contributed by atoms with Crippen molar-refractivity contribution >= 4 is 15.9 Å². The second-order valence-electron chi connectivity index (χ2n) is 10.5. The highest BCUT2D eigenvalue weighted by Gasteiger charge is 2.31. The van der Waals surface area contributed by atoms with Crippen molar-refractivity contribution < 1.29 is 13.2 Å². The Hall–Kier alpha value is -2.95. The topological polar surface area (TPSA) is 0 Å². The van der Waals surface area contributed by atoms with Gasteiger partial charge in [0.15, 0.2) is 0 Å². The van der Waals surface area contributed by atoms with Gasteiger partial charge in [0.05, 0.1) is 5.56 Å². The Balaban J connectivity index is 2.00. The van der Waals surface area contributed by atoms with Crippen molar-refractivity contribution in [3.63, 3.8) is 0 Å². The Morgan fingerprint density at radius 3 is 1.17 bits per heavy atom. The molecule has 0 atom stereocenters. The number of hydrogen-bond acceptors (Lipinski definition) is 0. The fraction of sp³-hybridized carbons (Fsp3) is 0.290. The Kier molecular flexibility index (Phi) is 7.59. The molecule has 0 heterocycles. The van der Waals surface area contributed by atoms with Crippen molar-refractivity contribution in [2.45, 2.75) is 58.5 Å². The summed E-state index contributed by atoms with van der Waals surface area (Å²) in [6, 6.07) is 17.6. The summed E-state index contributed by atoms with van der Waals surface area (Å²) in [5.74, 6) is 11.8. The van der Waals surface area contributed by atoms with E-state index in [1.165, 1.54) is 0 Å². The van der Waals surface area contributed by atoms with Crippen LogP contribution in [0.5, 0.6) is 0 Å². The van der Waals surface area contributed by atoms with E-state index in [2.05, 4.69) is 81.2 Å². The van der Waals surface area contributed by atoms with E-state index < -0.39 is 11.7 Å². The Bertz CT molecular complexity index is 1230. The largest absolute Gasteiger partial charge is 0.416 e. The van der Waals surface area contributed by atoms with Crippen LogP contribution in [0.4, 0.5) is 13.2 Å². The number of benzene rings is 3. The standard InChI is InChI=1S/C31H28BrF3/c1-29(2,3)25-15-9-21(10-16-25)7-13-23-19-27(31(33,34)35)20-24(28(23)32)14-8-22-11-17-26(18-12-22)30(4,5)6/h9-12,15-20H,1-6H3. The van der Waals surface area contributed by atoms with Gasteiger partial charge < -0.3 is 0 Å². The highest BCUT2D eigenvalue weighted by Crippen LogP contribution is 2.34. The zero-order chi connectivity index (χ0) is 26.0. The summed E-state index contributed by atoms with van der Waals surface area (Å²) in [6.07, 6.45) is -4.50. The minimum atomic E-state index is -4.50. The molecule has 0 aliphatic carbocycles. The molecule has 0 saturated heterocycles. The third-order valence-electron chi connectivity index (χ3n) is 5.58. The maximum atomic E-state index is 13.6. The summed E-state index contributed by atoms with van der Waals surface area (Å²) in [4.78, 5) is 0. The fourth-order valence-electron chi connectivity index (χ4n) is 3.36. The van der Waals surface area contributed by atoms with Gasteiger partial charge in [-0.3, -0.25) is 0 Å². The molecule has 0 aromatic heterocycles. The number of alkyl halides is 3. The molecule has 0 N–H and O–H groups in total. The van der Waals surface area contributed by atoms with Gasteiger partial charge in [0.25, 0.3) is 0 Å². The van der Waals surface area contributed by atoms with Crippen LogP contribution in [0.3, 0.4) is 0 Å². The molecule has 0 fully saturated rings. The summed E-state index contributed by atoms with van der Waals surface area (Å²) in [7, 11) is 0. The summed E-state index contributed by atoms with van der Waals surface area (Å²) in [5.41, 5.74) is 3.52. The van der Waals surface area contributed by atoms with Crippen LogP contribution < -0.4 is 0 Å². The maximum Gasteiger partial charge on any atom is 0.416 e. The molecular weight excluding hydrogens is 509 g/mol. The molecule has 0 nitrogen and oxygen atoms in total. The molecule has 0 aliphatic rings. The molecule has 3 aromatic carbocycles. The van der Waals surface area contributed by atoms with E-state index in [4.69, 9.17) is 0 Å². The smallest absolute Gasteiger partial charge is 0.166 e. The first-order valence-electron chi connectivity index (χ1n) is 11.3. The van der Waals surface area contributed by atoms with Gasteiger partial charge in [-0.25, -0.2) is 0 Å². The Labute approximate surface area is 215 Å². The summed E-state index contributed by atoms with van der Waals surface area (Å²) in [5, 5.41) is 0. The van der Waals surface area contributed by atoms with Crippen molar-refractivity contribution in [1.82, 2.24) is 0 Å². The molecule has 0 aliphatic heterocycles. The summed E-state index contributed by atoms with van der Waals surface area (Å²) in [6.45, 7) is 12.7. The van der Waals surface area contributed by atoms with Crippen molar-refractivity contribution in [3.05, 3.63) is 104 Å². The lowest BCUT2D eigenvalue weighted by atomic mass is 9.87. The van der Waals surface area contributed by atoms with Crippen LogP contribution >= 0.6 is 15.9 Å². The predicted molar refractivity (Wildman–Crippen MR) is 141 cm³/mol. The van der Waals surface area contributed by atoms with E-state index in [0.717, 1.165) is 34.4 Å². The van der Waals surface area contributed by atoms with Gasteiger partial charge in [0.1, 0.15) is 0 Å². The van der Waals surface area contributed by atoms with E-state index in [1.54, 1.807) is 0 Å². The zero-order valence-electron chi connectivity index (χ0n) is 20.8. The molecule has 3 aromatic rings. The zero-order valence-corrected chi connectivity index (χ0v) is 22.4. The molecule has 0 amide bonds. The van der Waals surface area contributed by atoms with Gasteiger partial charge >= 0.3 is 6.18 Å². The molecule has 0 spiro atoms. The lowest BCUT2D eigenvalue weighted by molar-refractivity contribution is -0.137. The molecule has 0 saturated carbocycles. The number of rotatable bonds is 0. The molecule has 0 radical (unpaired) electrons. The average molecular weight is 537 g/mol. The van der Waals surface area contributed by atoms with Crippen molar-refractivity contribution in [1.29, 1.82) is 0 Å². The van der Waals surface area contributed by atoms with E-state index in [9.17, 15) is 13.2 Å². The summed E-state index contributed by atoms with van der Waals surface area (Å²) < 4.78 is 41.3. The average Bonchev–Trinajstić information content (AvgIpc) is 2.76. The minimum absolute atomic E-state index is 0.0106. The third kappa shape index (κ3) is 7.03. The lowest BCUT2D eigenvalue weighted by Crippen LogP contribution is -2.10. The lowest BCUT2D eigenvalue weighted by Gasteiger charge is -2.18. The van der Waals surface area contributed by atoms with Crippen LogP contribution in [0.15, 0.2) is 65.1 Å². The van der Waals surface area contributed by atoms with Crippen LogP contribution in [0, 0.1) is 23.7 Å². The quantitative estimate of drug-likeness (QED) is 0.251. The van der Waals surface area contributed by atoms with Gasteiger partial charge in [-0.1, -0.05) is 89.5 Å². The molecular formula is C31H28BrF3. The number of hydrogen-bond donors (Lipinski definition) is 0. The van der Waals surface area contributed by atoms with E-state index in [0.29, 0.717) is 4.47 Å². The highest BCUT2D eigenvalue weighted by molar-refractivity contribution is 9.10. The van der Waals surface area contributed by atoms with E-state index in [-0.39, 0.29) is 22.0 Å². The molecule has 3 rings (SSSR count). The molecule has 4 heteroatoms. The van der Waals surface area contributed by atoms with Gasteiger partial charge in [0, 0.05) is 26.7 Å². The minimum Gasteiger partial charge on any atom is -0.166 e. The van der Waals surface area contributed by atoms with Crippen LogP contribution in [0.25, 0.3) is 0 Å². The van der Waals surface area contributed by atoms with E-state index >= 15 is 0 Å². The van der Waals surface area contributed by atoms with Crippen LogP contribution in [-0.4, -0.2) is 0 Å². The van der Waals surface area contributed by atoms with Crippen LogP contribution in [-0.2, 0) is 17.0 Å². The number of halogens is 4. The fourth-order valence-corrected chi connectivity index (χ4v) is 3.78. The summed E-state index contributed by atoms with van der Waals surface area (Å²) >= 11 is 3.43. The first-order chi connectivity index (χ1) is 16.1. The van der Waals surface area contributed by atoms with Gasteiger partial charge in [0.2, 0.25) is 0 Å². The first-order valence-corrected chi connectivity index (χ1v) is 12.1. The third-order valence-corrected chi connectivity index (χ3v) is 6.44. The molecule has 0 bridgehead atoms. The predicted octanol–water partition coefficient (Wildman–Crippen LogP) is 8.86. The van der Waals surface area contributed by atoms with E-state index in [1.807, 2.05) is 48.5 Å². The molecule has 0 unspecified atom stereocenters. The first kappa shape index (κ1) is 26.7. The molecule has 35 heavy (non-hydrogen) atoms. The Morgan fingerprint density at radius 1 is 0.543 bits per heavy atom.